The van der Waals surface area contributed by atoms with Crippen LogP contribution in [0.2, 0.25) is 0 Å². The highest BCUT2D eigenvalue weighted by Gasteiger charge is 2.32. The maximum atomic E-state index is 13.3. The summed E-state index contributed by atoms with van der Waals surface area (Å²) < 4.78 is 18.0. The van der Waals surface area contributed by atoms with E-state index in [1.165, 1.54) is 15.4 Å². The molecule has 8 nitrogen and oxygen atoms in total. The lowest BCUT2D eigenvalue weighted by Crippen LogP contribution is -2.31. The summed E-state index contributed by atoms with van der Waals surface area (Å²) in [7, 11) is 3.13. The molecule has 0 aliphatic carbocycles. The minimum Gasteiger partial charge on any atom is -0.497 e. The van der Waals surface area contributed by atoms with Gasteiger partial charge in [-0.3, -0.25) is 18.9 Å². The number of carbonyl (C=O) groups is 1. The SMILES string of the molecule is COCCN1C(=O)/C(=C\c2c(Oc3ccc(OC)cc3)nc3ccccn3c2=O)SC1=S. The largest absolute Gasteiger partial charge is 0.497 e. The van der Waals surface area contributed by atoms with Gasteiger partial charge in [0.1, 0.15) is 27.0 Å². The number of hydrogen-bond donors (Lipinski definition) is 0. The number of benzene rings is 1. The van der Waals surface area contributed by atoms with Gasteiger partial charge in [-0.1, -0.05) is 30.0 Å². The van der Waals surface area contributed by atoms with Crippen LogP contribution in [-0.2, 0) is 9.53 Å². The van der Waals surface area contributed by atoms with Crippen molar-refractivity contribution < 1.29 is 19.0 Å². The van der Waals surface area contributed by atoms with Gasteiger partial charge in [0.25, 0.3) is 11.5 Å². The topological polar surface area (TPSA) is 82.4 Å². The number of carbonyl (C=O) groups excluding carboxylic acids is 1. The van der Waals surface area contributed by atoms with E-state index in [0.29, 0.717) is 39.5 Å². The second kappa shape index (κ2) is 9.51. The van der Waals surface area contributed by atoms with Crippen molar-refractivity contribution in [3.8, 4) is 17.4 Å². The Labute approximate surface area is 193 Å². The zero-order valence-corrected chi connectivity index (χ0v) is 18.9. The summed E-state index contributed by atoms with van der Waals surface area (Å²) in [6, 6.07) is 12.1. The Bertz CT molecular complexity index is 1270. The molecule has 0 radical (unpaired) electrons. The van der Waals surface area contributed by atoms with Gasteiger partial charge in [-0.2, -0.15) is 4.98 Å². The van der Waals surface area contributed by atoms with Crippen molar-refractivity contribution in [3.63, 3.8) is 0 Å². The van der Waals surface area contributed by atoms with Crippen LogP contribution in [0.3, 0.4) is 0 Å². The Balaban J connectivity index is 1.78. The molecule has 1 amide bonds. The summed E-state index contributed by atoms with van der Waals surface area (Å²) in [4.78, 5) is 32.4. The van der Waals surface area contributed by atoms with E-state index in [4.69, 9.17) is 26.4 Å². The third kappa shape index (κ3) is 4.38. The lowest BCUT2D eigenvalue weighted by Gasteiger charge is -2.13. The van der Waals surface area contributed by atoms with E-state index in [0.717, 1.165) is 11.8 Å². The van der Waals surface area contributed by atoms with E-state index in [-0.39, 0.29) is 22.9 Å². The predicted octanol–water partition coefficient (Wildman–Crippen LogP) is 3.34. The number of nitrogens with zero attached hydrogens (tertiary/aromatic N) is 3. The average molecular weight is 470 g/mol. The van der Waals surface area contributed by atoms with E-state index in [2.05, 4.69) is 4.98 Å². The molecule has 4 rings (SSSR count). The number of fused-ring (bicyclic) bond motifs is 1. The quantitative estimate of drug-likeness (QED) is 0.385. The first-order chi connectivity index (χ1) is 15.5. The standard InChI is InChI=1S/C22H19N3O5S2/c1-28-12-11-25-21(27)17(32-22(25)31)13-16-19(30-15-8-6-14(29-2)7-9-15)23-18-5-3-4-10-24(18)20(16)26/h3-10,13H,11-12H2,1-2H3/b17-13+. The monoisotopic (exact) mass is 469 g/mol. The maximum Gasteiger partial charge on any atom is 0.269 e. The zero-order chi connectivity index (χ0) is 22.7. The van der Waals surface area contributed by atoms with Gasteiger partial charge in [-0.05, 0) is 42.5 Å². The molecule has 0 atom stereocenters. The summed E-state index contributed by atoms with van der Waals surface area (Å²) in [5, 5.41) is 0. The van der Waals surface area contributed by atoms with Crippen molar-refractivity contribution in [2.45, 2.75) is 0 Å². The summed E-state index contributed by atoms with van der Waals surface area (Å²) in [5.41, 5.74) is 0.212. The second-order valence-electron chi connectivity index (χ2n) is 6.67. The third-order valence-corrected chi connectivity index (χ3v) is 6.05. The molecule has 1 aromatic carbocycles. The number of amides is 1. The molecule has 0 N–H and O–H groups in total. The average Bonchev–Trinajstić information content (AvgIpc) is 3.07. The van der Waals surface area contributed by atoms with Crippen molar-refractivity contribution in [2.24, 2.45) is 0 Å². The molecule has 2 aromatic heterocycles. The van der Waals surface area contributed by atoms with Gasteiger partial charge in [0.05, 0.1) is 25.2 Å². The van der Waals surface area contributed by atoms with E-state index in [1.54, 1.807) is 62.9 Å². The second-order valence-corrected chi connectivity index (χ2v) is 8.34. The first-order valence-corrected chi connectivity index (χ1v) is 10.8. The summed E-state index contributed by atoms with van der Waals surface area (Å²) in [6.07, 6.45) is 3.10. The molecule has 0 spiro atoms. The van der Waals surface area contributed by atoms with E-state index in [9.17, 15) is 9.59 Å². The minimum absolute atomic E-state index is 0.0912. The van der Waals surface area contributed by atoms with E-state index < -0.39 is 0 Å². The molecular weight excluding hydrogens is 450 g/mol. The number of hydrogen-bond acceptors (Lipinski definition) is 8. The van der Waals surface area contributed by atoms with Crippen LogP contribution in [0.15, 0.2) is 58.4 Å². The molecule has 3 aromatic rings. The number of rotatable bonds is 7. The zero-order valence-electron chi connectivity index (χ0n) is 17.3. The third-order valence-electron chi connectivity index (χ3n) is 4.68. The molecule has 0 bridgehead atoms. The van der Waals surface area contributed by atoms with Crippen LogP contribution in [0.5, 0.6) is 17.4 Å². The normalized spacial score (nSPS) is 15.1. The fourth-order valence-electron chi connectivity index (χ4n) is 3.05. The Morgan fingerprint density at radius 2 is 1.84 bits per heavy atom. The van der Waals surface area contributed by atoms with Crippen LogP contribution in [-0.4, -0.2) is 51.9 Å². The number of thioether (sulfide) groups is 1. The summed E-state index contributed by atoms with van der Waals surface area (Å²) in [5.74, 6) is 0.947. The van der Waals surface area contributed by atoms with Gasteiger partial charge < -0.3 is 14.2 Å². The van der Waals surface area contributed by atoms with Crippen molar-refractivity contribution in [1.82, 2.24) is 14.3 Å². The highest BCUT2D eigenvalue weighted by molar-refractivity contribution is 8.26. The maximum absolute atomic E-state index is 13.3. The first kappa shape index (κ1) is 22.0. The Kier molecular flexibility index (Phi) is 6.54. The van der Waals surface area contributed by atoms with Crippen molar-refractivity contribution in [1.29, 1.82) is 0 Å². The van der Waals surface area contributed by atoms with Crippen LogP contribution in [0, 0.1) is 0 Å². The van der Waals surface area contributed by atoms with Crippen LogP contribution >= 0.6 is 24.0 Å². The van der Waals surface area contributed by atoms with Crippen LogP contribution in [0.4, 0.5) is 0 Å². The molecule has 3 heterocycles. The summed E-state index contributed by atoms with van der Waals surface area (Å²) in [6.45, 7) is 0.689. The number of ether oxygens (including phenoxy) is 3. The first-order valence-electron chi connectivity index (χ1n) is 9.59. The molecule has 0 unspecified atom stereocenters. The van der Waals surface area contributed by atoms with Gasteiger partial charge in [-0.25, -0.2) is 0 Å². The number of aromatic nitrogens is 2. The highest BCUT2D eigenvalue weighted by Crippen LogP contribution is 2.34. The van der Waals surface area contributed by atoms with Gasteiger partial charge in [-0.15, -0.1) is 0 Å². The number of pyridine rings is 1. The minimum atomic E-state index is -0.360. The van der Waals surface area contributed by atoms with Gasteiger partial charge >= 0.3 is 0 Å². The van der Waals surface area contributed by atoms with Crippen LogP contribution in [0.25, 0.3) is 11.7 Å². The van der Waals surface area contributed by atoms with Crippen molar-refractivity contribution in [3.05, 3.63) is 69.5 Å². The number of thiocarbonyl (C=S) groups is 1. The molecule has 1 aliphatic rings. The molecule has 10 heteroatoms. The Morgan fingerprint density at radius 3 is 2.56 bits per heavy atom. The van der Waals surface area contributed by atoms with Crippen LogP contribution in [0.1, 0.15) is 5.56 Å². The predicted molar refractivity (Wildman–Crippen MR) is 126 cm³/mol. The number of methoxy groups -OCH3 is 2. The summed E-state index contributed by atoms with van der Waals surface area (Å²) >= 11 is 6.45. The fourth-order valence-corrected chi connectivity index (χ4v) is 4.34. The molecule has 32 heavy (non-hydrogen) atoms. The molecule has 164 valence electrons. The lowest BCUT2D eigenvalue weighted by atomic mass is 10.2. The lowest BCUT2D eigenvalue weighted by molar-refractivity contribution is -0.122. The van der Waals surface area contributed by atoms with Gasteiger partial charge in [0.2, 0.25) is 5.88 Å². The van der Waals surface area contributed by atoms with Gasteiger partial charge in [0.15, 0.2) is 0 Å². The molecule has 1 saturated heterocycles. The van der Waals surface area contributed by atoms with Gasteiger partial charge in [0, 0.05) is 13.3 Å². The molecule has 1 aliphatic heterocycles. The highest BCUT2D eigenvalue weighted by atomic mass is 32.2. The molecule has 1 fully saturated rings. The molecular formula is C22H19N3O5S2. The van der Waals surface area contributed by atoms with Crippen molar-refractivity contribution >= 4 is 45.9 Å². The van der Waals surface area contributed by atoms with Crippen LogP contribution < -0.4 is 15.0 Å². The Morgan fingerprint density at radius 1 is 1.09 bits per heavy atom. The Hall–Kier alpha value is -3.21. The van der Waals surface area contributed by atoms with Crippen molar-refractivity contribution in [2.75, 3.05) is 27.4 Å². The van der Waals surface area contributed by atoms with E-state index >= 15 is 0 Å². The van der Waals surface area contributed by atoms with E-state index in [1.807, 2.05) is 0 Å². The molecule has 0 saturated carbocycles. The fraction of sp³-hybridized carbons (Fsp3) is 0.182. The smallest absolute Gasteiger partial charge is 0.269 e.